The summed E-state index contributed by atoms with van der Waals surface area (Å²) in [6.45, 7) is 4.17. The van der Waals surface area contributed by atoms with Crippen LogP contribution in [0.5, 0.6) is 5.75 Å². The topological polar surface area (TPSA) is 63.4 Å². The summed E-state index contributed by atoms with van der Waals surface area (Å²) in [7, 11) is 1.68. The first-order chi connectivity index (χ1) is 9.65. The number of fused-ring (bicyclic) bond motifs is 3. The smallest absolute Gasteiger partial charge is 0.119 e. The number of aromatic nitrogens is 1. The van der Waals surface area contributed by atoms with Crippen LogP contribution >= 0.6 is 0 Å². The Morgan fingerprint density at radius 2 is 2.05 bits per heavy atom. The SMILES string of the molecule is COc1ccc2[nH]c3c(C)cc(C=NN)c(C)c3c2c1. The standard InChI is InChI=1S/C16H17N3O/c1-9-6-11(8-18-17)10(2)15-13-7-12(20-3)4-5-14(13)19-16(9)15/h4-8,19H,17H2,1-3H3. The number of aryl methyl sites for hydroxylation is 2. The summed E-state index contributed by atoms with van der Waals surface area (Å²) in [5, 5.41) is 6.02. The lowest BCUT2D eigenvalue weighted by atomic mass is 9.99. The summed E-state index contributed by atoms with van der Waals surface area (Å²) in [5.74, 6) is 6.15. The Labute approximate surface area is 117 Å². The average molecular weight is 267 g/mol. The normalized spacial score (nSPS) is 11.8. The highest BCUT2D eigenvalue weighted by Gasteiger charge is 2.12. The maximum Gasteiger partial charge on any atom is 0.119 e. The molecule has 4 heteroatoms. The predicted molar refractivity (Wildman–Crippen MR) is 83.6 cm³/mol. The molecule has 102 valence electrons. The molecule has 1 heterocycles. The molecule has 0 aliphatic carbocycles. The van der Waals surface area contributed by atoms with Crippen molar-refractivity contribution in [3.05, 3.63) is 41.0 Å². The van der Waals surface area contributed by atoms with E-state index >= 15 is 0 Å². The molecule has 0 radical (unpaired) electrons. The summed E-state index contributed by atoms with van der Waals surface area (Å²) in [6, 6.07) is 8.17. The number of nitrogens with zero attached hydrogens (tertiary/aromatic N) is 1. The molecule has 3 rings (SSSR count). The minimum atomic E-state index is 0.855. The molecule has 0 unspecified atom stereocenters. The third-order valence-corrected chi connectivity index (χ3v) is 3.79. The number of aromatic amines is 1. The molecule has 4 nitrogen and oxygen atoms in total. The molecule has 3 N–H and O–H groups in total. The van der Waals surface area contributed by atoms with Gasteiger partial charge in [0.15, 0.2) is 0 Å². The lowest BCUT2D eigenvalue weighted by molar-refractivity contribution is 0.415. The number of benzene rings is 2. The summed E-state index contributed by atoms with van der Waals surface area (Å²) in [5.41, 5.74) is 5.64. The van der Waals surface area contributed by atoms with Crippen LogP contribution < -0.4 is 10.6 Å². The maximum absolute atomic E-state index is 5.33. The van der Waals surface area contributed by atoms with Crippen molar-refractivity contribution >= 4 is 28.0 Å². The van der Waals surface area contributed by atoms with E-state index < -0.39 is 0 Å². The Hall–Kier alpha value is -2.49. The van der Waals surface area contributed by atoms with E-state index in [0.717, 1.165) is 27.7 Å². The van der Waals surface area contributed by atoms with E-state index in [4.69, 9.17) is 10.6 Å². The van der Waals surface area contributed by atoms with E-state index in [0.29, 0.717) is 0 Å². The second-order valence-electron chi connectivity index (χ2n) is 4.97. The van der Waals surface area contributed by atoms with Crippen LogP contribution in [0, 0.1) is 13.8 Å². The molecule has 0 fully saturated rings. The second kappa shape index (κ2) is 4.56. The third-order valence-electron chi connectivity index (χ3n) is 3.79. The van der Waals surface area contributed by atoms with Crippen LogP contribution in [0.2, 0.25) is 0 Å². The molecule has 0 bridgehead atoms. The van der Waals surface area contributed by atoms with E-state index in [-0.39, 0.29) is 0 Å². The number of hydrogen-bond donors (Lipinski definition) is 2. The molecule has 0 spiro atoms. The fraction of sp³-hybridized carbons (Fsp3) is 0.188. The van der Waals surface area contributed by atoms with Gasteiger partial charge in [-0.1, -0.05) is 0 Å². The zero-order valence-electron chi connectivity index (χ0n) is 11.8. The Morgan fingerprint density at radius 3 is 2.75 bits per heavy atom. The number of nitrogens with one attached hydrogen (secondary N) is 1. The number of ether oxygens (including phenoxy) is 1. The molecule has 0 saturated carbocycles. The molecular weight excluding hydrogens is 250 g/mol. The van der Waals surface area contributed by atoms with E-state index in [1.165, 1.54) is 16.5 Å². The van der Waals surface area contributed by atoms with Crippen LogP contribution in [-0.2, 0) is 0 Å². The van der Waals surface area contributed by atoms with Gasteiger partial charge < -0.3 is 15.6 Å². The van der Waals surface area contributed by atoms with Gasteiger partial charge in [-0.3, -0.25) is 0 Å². The van der Waals surface area contributed by atoms with Gasteiger partial charge in [0, 0.05) is 21.8 Å². The molecule has 0 amide bonds. The van der Waals surface area contributed by atoms with Gasteiger partial charge in [0.1, 0.15) is 5.75 Å². The number of methoxy groups -OCH3 is 1. The first kappa shape index (κ1) is 12.5. The number of H-pyrrole nitrogens is 1. The number of hydrazone groups is 1. The lowest BCUT2D eigenvalue weighted by Gasteiger charge is -2.06. The van der Waals surface area contributed by atoms with Crippen LogP contribution in [0.15, 0.2) is 29.4 Å². The van der Waals surface area contributed by atoms with Crippen molar-refractivity contribution in [2.24, 2.45) is 10.9 Å². The molecule has 0 atom stereocenters. The quantitative estimate of drug-likeness (QED) is 0.425. The highest BCUT2D eigenvalue weighted by atomic mass is 16.5. The van der Waals surface area contributed by atoms with Crippen molar-refractivity contribution in [1.82, 2.24) is 4.98 Å². The fourth-order valence-electron chi connectivity index (χ4n) is 2.76. The fourth-order valence-corrected chi connectivity index (χ4v) is 2.76. The van der Waals surface area contributed by atoms with Crippen molar-refractivity contribution in [3.63, 3.8) is 0 Å². The van der Waals surface area contributed by atoms with E-state index in [9.17, 15) is 0 Å². The summed E-state index contributed by atoms with van der Waals surface area (Å²) < 4.78 is 5.33. The molecule has 3 aromatic rings. The highest BCUT2D eigenvalue weighted by molar-refractivity contribution is 6.12. The van der Waals surface area contributed by atoms with Crippen LogP contribution in [0.25, 0.3) is 21.8 Å². The van der Waals surface area contributed by atoms with Gasteiger partial charge in [-0.05, 0) is 54.8 Å². The average Bonchev–Trinajstić information content (AvgIpc) is 2.83. The molecule has 0 aliphatic heterocycles. The van der Waals surface area contributed by atoms with Crippen LogP contribution in [0.4, 0.5) is 0 Å². The predicted octanol–water partition coefficient (Wildman–Crippen LogP) is 3.24. The van der Waals surface area contributed by atoms with Gasteiger partial charge in [-0.2, -0.15) is 5.10 Å². The number of nitrogens with two attached hydrogens (primary N) is 1. The monoisotopic (exact) mass is 267 g/mol. The minimum absolute atomic E-state index is 0.855. The van der Waals surface area contributed by atoms with Crippen molar-refractivity contribution in [2.45, 2.75) is 13.8 Å². The Morgan fingerprint density at radius 1 is 1.25 bits per heavy atom. The van der Waals surface area contributed by atoms with Gasteiger partial charge in [0.2, 0.25) is 0 Å². The Bertz CT molecular complexity index is 831. The summed E-state index contributed by atoms with van der Waals surface area (Å²) in [4.78, 5) is 3.48. The molecule has 0 saturated heterocycles. The zero-order valence-corrected chi connectivity index (χ0v) is 11.8. The van der Waals surface area contributed by atoms with E-state index in [2.05, 4.69) is 36.1 Å². The first-order valence-electron chi connectivity index (χ1n) is 6.48. The van der Waals surface area contributed by atoms with E-state index in [1.807, 2.05) is 12.1 Å². The van der Waals surface area contributed by atoms with Crippen LogP contribution in [0.1, 0.15) is 16.7 Å². The number of rotatable bonds is 2. The van der Waals surface area contributed by atoms with Crippen molar-refractivity contribution < 1.29 is 4.74 Å². The zero-order chi connectivity index (χ0) is 14.3. The number of hydrogen-bond acceptors (Lipinski definition) is 3. The minimum Gasteiger partial charge on any atom is -0.497 e. The first-order valence-corrected chi connectivity index (χ1v) is 6.48. The van der Waals surface area contributed by atoms with Crippen molar-refractivity contribution in [3.8, 4) is 5.75 Å². The van der Waals surface area contributed by atoms with Crippen molar-refractivity contribution in [1.29, 1.82) is 0 Å². The van der Waals surface area contributed by atoms with Gasteiger partial charge in [0.05, 0.1) is 13.3 Å². The molecular formula is C16H17N3O. The van der Waals surface area contributed by atoms with Gasteiger partial charge in [0.25, 0.3) is 0 Å². The van der Waals surface area contributed by atoms with Crippen molar-refractivity contribution in [2.75, 3.05) is 7.11 Å². The largest absolute Gasteiger partial charge is 0.497 e. The molecule has 1 aromatic heterocycles. The second-order valence-corrected chi connectivity index (χ2v) is 4.97. The lowest BCUT2D eigenvalue weighted by Crippen LogP contribution is -1.93. The molecule has 0 aliphatic rings. The van der Waals surface area contributed by atoms with E-state index in [1.54, 1.807) is 13.3 Å². The molecule has 2 aromatic carbocycles. The van der Waals surface area contributed by atoms with Gasteiger partial charge >= 0.3 is 0 Å². The highest BCUT2D eigenvalue weighted by Crippen LogP contribution is 2.33. The summed E-state index contributed by atoms with van der Waals surface area (Å²) in [6.07, 6.45) is 1.70. The molecule has 20 heavy (non-hydrogen) atoms. The third kappa shape index (κ3) is 1.72. The van der Waals surface area contributed by atoms with Gasteiger partial charge in [-0.25, -0.2) is 0 Å². The Kier molecular flexibility index (Phi) is 2.86. The maximum atomic E-state index is 5.33. The van der Waals surface area contributed by atoms with Crippen LogP contribution in [-0.4, -0.2) is 18.3 Å². The van der Waals surface area contributed by atoms with Crippen LogP contribution in [0.3, 0.4) is 0 Å². The Balaban J connectivity index is 2.48. The van der Waals surface area contributed by atoms with Gasteiger partial charge in [-0.15, -0.1) is 0 Å². The summed E-state index contributed by atoms with van der Waals surface area (Å²) >= 11 is 0.